The Kier molecular flexibility index (Phi) is 5.16. The first-order valence-corrected chi connectivity index (χ1v) is 11.1. The summed E-state index contributed by atoms with van der Waals surface area (Å²) in [6, 6.07) is 13.4. The number of phenolic OH excluding ortho intramolecular Hbond substituents is 1. The number of rotatable bonds is 4. The highest BCUT2D eigenvalue weighted by atomic mass is 16.5. The molecule has 1 aromatic heterocycles. The first-order valence-electron chi connectivity index (χ1n) is 11.1. The first kappa shape index (κ1) is 21.8. The highest BCUT2D eigenvalue weighted by molar-refractivity contribution is 6.08. The third-order valence-corrected chi connectivity index (χ3v) is 6.28. The van der Waals surface area contributed by atoms with Crippen LogP contribution >= 0.6 is 0 Å². The van der Waals surface area contributed by atoms with E-state index in [4.69, 9.17) is 4.74 Å². The van der Waals surface area contributed by atoms with E-state index in [0.717, 1.165) is 11.3 Å². The van der Waals surface area contributed by atoms with Gasteiger partial charge >= 0.3 is 0 Å². The zero-order valence-electron chi connectivity index (χ0n) is 19.3. The maximum Gasteiger partial charge on any atom is 0.261 e. The minimum atomic E-state index is -0.492. The van der Waals surface area contributed by atoms with Crippen molar-refractivity contribution in [2.75, 3.05) is 17.7 Å². The van der Waals surface area contributed by atoms with Crippen LogP contribution in [0.2, 0.25) is 0 Å². The Morgan fingerprint density at radius 2 is 1.97 bits per heavy atom. The molecular formula is C26H26N4O4. The molecule has 3 N–H and O–H groups in total. The molecule has 3 aromatic rings. The third-order valence-electron chi connectivity index (χ3n) is 6.28. The Balaban J connectivity index is 1.57. The number of hydrogen-bond donors (Lipinski definition) is 3. The number of phenols is 1. The van der Waals surface area contributed by atoms with Crippen LogP contribution in [-0.4, -0.2) is 33.7 Å². The van der Waals surface area contributed by atoms with Gasteiger partial charge in [0.2, 0.25) is 0 Å². The number of benzene rings is 2. The molecule has 1 atom stereocenters. The SMILES string of the molecule is COc1cccc(NC(=O)c2cnn3c2NC2=C(C(=O)CC(C)(C)C2)C3c2ccc(O)cc2)c1. The van der Waals surface area contributed by atoms with Crippen molar-refractivity contribution < 1.29 is 19.4 Å². The maximum atomic E-state index is 13.3. The van der Waals surface area contributed by atoms with E-state index in [1.165, 1.54) is 6.20 Å². The van der Waals surface area contributed by atoms with Crippen molar-refractivity contribution in [3.8, 4) is 11.5 Å². The summed E-state index contributed by atoms with van der Waals surface area (Å²) < 4.78 is 6.92. The molecule has 174 valence electrons. The number of ether oxygens (including phenoxy) is 1. The highest BCUT2D eigenvalue weighted by Gasteiger charge is 2.42. The molecule has 0 saturated carbocycles. The van der Waals surface area contributed by atoms with Crippen molar-refractivity contribution in [1.82, 2.24) is 9.78 Å². The molecule has 2 heterocycles. The van der Waals surface area contributed by atoms with Gasteiger partial charge in [0.1, 0.15) is 28.9 Å². The van der Waals surface area contributed by atoms with Crippen LogP contribution in [0.25, 0.3) is 0 Å². The number of methoxy groups -OCH3 is 1. The van der Waals surface area contributed by atoms with Crippen LogP contribution in [0.3, 0.4) is 0 Å². The van der Waals surface area contributed by atoms with Gasteiger partial charge in [-0.25, -0.2) is 4.68 Å². The number of aromatic nitrogens is 2. The van der Waals surface area contributed by atoms with Crippen LogP contribution in [-0.2, 0) is 4.79 Å². The van der Waals surface area contributed by atoms with Crippen molar-refractivity contribution in [1.29, 1.82) is 0 Å². The number of hydrogen-bond acceptors (Lipinski definition) is 6. The molecule has 0 spiro atoms. The number of fused-ring (bicyclic) bond motifs is 1. The smallest absolute Gasteiger partial charge is 0.261 e. The molecule has 8 heteroatoms. The van der Waals surface area contributed by atoms with Crippen LogP contribution in [0.1, 0.15) is 48.7 Å². The lowest BCUT2D eigenvalue weighted by molar-refractivity contribution is -0.118. The Morgan fingerprint density at radius 3 is 2.71 bits per heavy atom. The summed E-state index contributed by atoms with van der Waals surface area (Å²) in [7, 11) is 1.57. The molecule has 0 radical (unpaired) electrons. The normalized spacial score (nSPS) is 18.6. The molecule has 1 aliphatic carbocycles. The lowest BCUT2D eigenvalue weighted by Gasteiger charge is -2.39. The lowest BCUT2D eigenvalue weighted by Crippen LogP contribution is -2.36. The number of ketones is 1. The maximum absolute atomic E-state index is 13.3. The summed E-state index contributed by atoms with van der Waals surface area (Å²) in [5, 5.41) is 20.6. The van der Waals surface area contributed by atoms with Crippen molar-refractivity contribution in [3.05, 3.63) is 77.1 Å². The number of Topliss-reactive ketones (excluding diaryl/α,β-unsaturated/α-hetero) is 1. The fourth-order valence-corrected chi connectivity index (χ4v) is 4.74. The van der Waals surface area contributed by atoms with Crippen molar-refractivity contribution >= 4 is 23.2 Å². The molecular weight excluding hydrogens is 432 g/mol. The van der Waals surface area contributed by atoms with E-state index in [1.807, 2.05) is 0 Å². The summed E-state index contributed by atoms with van der Waals surface area (Å²) in [5.74, 6) is 1.04. The van der Waals surface area contributed by atoms with Crippen LogP contribution < -0.4 is 15.4 Å². The predicted octanol–water partition coefficient (Wildman–Crippen LogP) is 4.51. The van der Waals surface area contributed by atoms with E-state index < -0.39 is 6.04 Å². The number of carbonyl (C=O) groups is 2. The second-order valence-electron chi connectivity index (χ2n) is 9.49. The number of nitrogens with zero attached hydrogens (tertiary/aromatic N) is 2. The van der Waals surface area contributed by atoms with Gasteiger partial charge in [0.15, 0.2) is 5.78 Å². The monoisotopic (exact) mass is 458 g/mol. The average Bonchev–Trinajstić information content (AvgIpc) is 3.21. The van der Waals surface area contributed by atoms with Gasteiger partial charge in [-0.15, -0.1) is 0 Å². The van der Waals surface area contributed by atoms with E-state index in [9.17, 15) is 14.7 Å². The molecule has 1 aliphatic heterocycles. The third kappa shape index (κ3) is 3.81. The lowest BCUT2D eigenvalue weighted by atomic mass is 9.73. The molecule has 34 heavy (non-hydrogen) atoms. The molecule has 5 rings (SSSR count). The van der Waals surface area contributed by atoms with Crippen molar-refractivity contribution in [2.45, 2.75) is 32.7 Å². The highest BCUT2D eigenvalue weighted by Crippen LogP contribution is 2.46. The van der Waals surface area contributed by atoms with E-state index in [2.05, 4.69) is 29.6 Å². The largest absolute Gasteiger partial charge is 0.508 e. The number of nitrogens with one attached hydrogen (secondary N) is 2. The Labute approximate surface area is 197 Å². The Bertz CT molecular complexity index is 1320. The molecule has 2 aromatic carbocycles. The molecule has 1 unspecified atom stereocenters. The fraction of sp³-hybridized carbons (Fsp3) is 0.269. The number of aromatic hydroxyl groups is 1. The Hall–Kier alpha value is -4.07. The van der Waals surface area contributed by atoms with Gasteiger partial charge in [-0.3, -0.25) is 9.59 Å². The summed E-state index contributed by atoms with van der Waals surface area (Å²) in [5.41, 5.74) is 3.04. The Morgan fingerprint density at radius 1 is 1.21 bits per heavy atom. The van der Waals surface area contributed by atoms with Gasteiger partial charge < -0.3 is 20.5 Å². The van der Waals surface area contributed by atoms with E-state index in [0.29, 0.717) is 41.2 Å². The average molecular weight is 459 g/mol. The van der Waals surface area contributed by atoms with Gasteiger partial charge in [-0.1, -0.05) is 32.0 Å². The quantitative estimate of drug-likeness (QED) is 0.531. The predicted molar refractivity (Wildman–Crippen MR) is 128 cm³/mol. The first-order chi connectivity index (χ1) is 16.3. The standard InChI is InChI=1S/C26H26N4O4/c1-26(2)12-20-22(21(32)13-26)23(15-7-9-17(31)10-8-15)30-24(29-20)19(14-27-30)25(33)28-16-5-4-6-18(11-16)34-3/h4-11,14,23,29,31H,12-13H2,1-3H3,(H,28,33). The summed E-state index contributed by atoms with van der Waals surface area (Å²) in [4.78, 5) is 26.5. The van der Waals surface area contributed by atoms with E-state index in [-0.39, 0.29) is 22.9 Å². The van der Waals surface area contributed by atoms with Gasteiger partial charge in [0, 0.05) is 29.4 Å². The van der Waals surface area contributed by atoms with Gasteiger partial charge in [-0.05, 0) is 41.7 Å². The van der Waals surface area contributed by atoms with Crippen LogP contribution in [0.4, 0.5) is 11.5 Å². The topological polar surface area (TPSA) is 105 Å². The summed E-state index contributed by atoms with van der Waals surface area (Å²) in [6.45, 7) is 4.13. The summed E-state index contributed by atoms with van der Waals surface area (Å²) >= 11 is 0. The zero-order valence-corrected chi connectivity index (χ0v) is 19.3. The van der Waals surface area contributed by atoms with Gasteiger partial charge in [0.05, 0.1) is 13.3 Å². The number of anilines is 2. The van der Waals surface area contributed by atoms with Crippen LogP contribution in [0.5, 0.6) is 11.5 Å². The van der Waals surface area contributed by atoms with Gasteiger partial charge in [0.25, 0.3) is 5.91 Å². The number of amides is 1. The summed E-state index contributed by atoms with van der Waals surface area (Å²) in [6.07, 6.45) is 2.62. The molecule has 2 aliphatic rings. The van der Waals surface area contributed by atoms with E-state index in [1.54, 1.807) is 60.3 Å². The number of carbonyl (C=O) groups excluding carboxylic acids is 2. The second kappa shape index (κ2) is 8.06. The zero-order chi connectivity index (χ0) is 24.0. The minimum Gasteiger partial charge on any atom is -0.508 e. The molecule has 0 saturated heterocycles. The van der Waals surface area contributed by atoms with Gasteiger partial charge in [-0.2, -0.15) is 5.10 Å². The fourth-order valence-electron chi connectivity index (χ4n) is 4.74. The van der Waals surface area contributed by atoms with Crippen LogP contribution in [0, 0.1) is 5.41 Å². The number of allylic oxidation sites excluding steroid dienone is 2. The molecule has 1 amide bonds. The van der Waals surface area contributed by atoms with Crippen LogP contribution in [0.15, 0.2) is 66.0 Å². The van der Waals surface area contributed by atoms with Crippen molar-refractivity contribution in [3.63, 3.8) is 0 Å². The van der Waals surface area contributed by atoms with Crippen molar-refractivity contribution in [2.24, 2.45) is 5.41 Å². The molecule has 8 nitrogen and oxygen atoms in total. The van der Waals surface area contributed by atoms with E-state index >= 15 is 0 Å². The molecule has 0 fully saturated rings. The second-order valence-corrected chi connectivity index (χ2v) is 9.49. The minimum absolute atomic E-state index is 0.0559. The molecule has 0 bridgehead atoms.